The van der Waals surface area contributed by atoms with Crippen molar-refractivity contribution in [3.63, 3.8) is 0 Å². The molecule has 0 aliphatic carbocycles. The minimum atomic E-state index is -0.985. The number of hydrogen-bond donors (Lipinski definition) is 1. The Balaban J connectivity index is 2.53. The van der Waals surface area contributed by atoms with Gasteiger partial charge < -0.3 is 5.73 Å². The van der Waals surface area contributed by atoms with Crippen molar-refractivity contribution in [2.45, 2.75) is 20.3 Å². The molecule has 0 saturated carbocycles. The molecule has 4 nitrogen and oxygen atoms in total. The fourth-order valence-electron chi connectivity index (χ4n) is 1.92. The molecule has 0 atom stereocenters. The first-order valence-electron chi connectivity index (χ1n) is 5.36. The molecule has 1 aromatic rings. The molecule has 1 aliphatic heterocycles. The number of benzene rings is 1. The number of nitrogens with two attached hydrogens (primary N) is 1. The van der Waals surface area contributed by atoms with Crippen molar-refractivity contribution < 1.29 is 18.4 Å². The van der Waals surface area contributed by atoms with E-state index in [2.05, 4.69) is 0 Å². The number of carbonyl (C=O) groups is 2. The van der Waals surface area contributed by atoms with E-state index in [4.69, 9.17) is 5.73 Å². The number of hydrogen-bond acceptors (Lipinski definition) is 3. The lowest BCUT2D eigenvalue weighted by molar-refractivity contribution is -0.124. The first-order chi connectivity index (χ1) is 8.24. The standard InChI is InChI=1S/C12H12F2N2O2/c1-12(2)5-10(17)16(11(12)18)9-4-8(15)6(13)3-7(9)14/h3-4H,5,15H2,1-2H3. The Labute approximate surface area is 102 Å². The fraction of sp³-hybridized carbons (Fsp3) is 0.333. The van der Waals surface area contributed by atoms with Gasteiger partial charge in [-0.25, -0.2) is 13.7 Å². The van der Waals surface area contributed by atoms with Crippen LogP contribution in [0.3, 0.4) is 0 Å². The molecule has 2 amide bonds. The van der Waals surface area contributed by atoms with E-state index >= 15 is 0 Å². The van der Waals surface area contributed by atoms with Crippen LogP contribution in [0.5, 0.6) is 0 Å². The van der Waals surface area contributed by atoms with E-state index in [1.54, 1.807) is 13.8 Å². The molecule has 0 radical (unpaired) electrons. The highest BCUT2D eigenvalue weighted by atomic mass is 19.1. The molecule has 1 saturated heterocycles. The molecule has 1 aliphatic rings. The molecule has 0 spiro atoms. The van der Waals surface area contributed by atoms with E-state index in [1.807, 2.05) is 0 Å². The van der Waals surface area contributed by atoms with Gasteiger partial charge in [-0.3, -0.25) is 9.59 Å². The molecule has 2 rings (SSSR count). The number of rotatable bonds is 1. The molecule has 1 fully saturated rings. The van der Waals surface area contributed by atoms with E-state index in [1.165, 1.54) is 0 Å². The van der Waals surface area contributed by atoms with E-state index in [0.717, 1.165) is 11.0 Å². The van der Waals surface area contributed by atoms with Crippen molar-refractivity contribution in [3.8, 4) is 0 Å². The van der Waals surface area contributed by atoms with Gasteiger partial charge in [0.05, 0.1) is 16.8 Å². The number of nitrogens with zero attached hydrogens (tertiary/aromatic N) is 1. The zero-order chi connectivity index (χ0) is 13.7. The number of imide groups is 1. The van der Waals surface area contributed by atoms with Gasteiger partial charge in [0.2, 0.25) is 11.8 Å². The van der Waals surface area contributed by atoms with Crippen LogP contribution in [0, 0.1) is 17.0 Å². The van der Waals surface area contributed by atoms with Gasteiger partial charge >= 0.3 is 0 Å². The summed E-state index contributed by atoms with van der Waals surface area (Å²) in [6, 6.07) is 1.53. The number of carbonyl (C=O) groups excluding carboxylic acids is 2. The predicted molar refractivity (Wildman–Crippen MR) is 61.7 cm³/mol. The minimum Gasteiger partial charge on any atom is -0.396 e. The largest absolute Gasteiger partial charge is 0.396 e. The lowest BCUT2D eigenvalue weighted by Crippen LogP contribution is -2.33. The summed E-state index contributed by atoms with van der Waals surface area (Å²) in [6.07, 6.45) is -0.0114. The molecule has 6 heteroatoms. The van der Waals surface area contributed by atoms with Crippen LogP contribution >= 0.6 is 0 Å². The second kappa shape index (κ2) is 3.76. The summed E-state index contributed by atoms with van der Waals surface area (Å²) in [7, 11) is 0. The molecule has 0 aromatic heterocycles. The van der Waals surface area contributed by atoms with Gasteiger partial charge in [-0.15, -0.1) is 0 Å². The third-order valence-corrected chi connectivity index (χ3v) is 2.93. The molecule has 0 unspecified atom stereocenters. The Morgan fingerprint density at radius 1 is 1.22 bits per heavy atom. The average molecular weight is 254 g/mol. The average Bonchev–Trinajstić information content (AvgIpc) is 2.43. The first-order valence-corrected chi connectivity index (χ1v) is 5.36. The van der Waals surface area contributed by atoms with Crippen molar-refractivity contribution in [1.82, 2.24) is 0 Å². The highest BCUT2D eigenvalue weighted by molar-refractivity contribution is 6.22. The maximum Gasteiger partial charge on any atom is 0.240 e. The Bertz CT molecular complexity index is 555. The van der Waals surface area contributed by atoms with Gasteiger partial charge in [-0.05, 0) is 6.07 Å². The van der Waals surface area contributed by atoms with Crippen LogP contribution in [0.4, 0.5) is 20.2 Å². The lowest BCUT2D eigenvalue weighted by atomic mass is 9.92. The number of nitrogen functional groups attached to an aromatic ring is 1. The third kappa shape index (κ3) is 1.73. The van der Waals surface area contributed by atoms with Crippen LogP contribution in [-0.4, -0.2) is 11.8 Å². The molecule has 96 valence electrons. The highest BCUT2D eigenvalue weighted by Crippen LogP contribution is 2.37. The second-order valence-electron chi connectivity index (χ2n) is 4.92. The molecule has 18 heavy (non-hydrogen) atoms. The van der Waals surface area contributed by atoms with Crippen molar-refractivity contribution >= 4 is 23.2 Å². The highest BCUT2D eigenvalue weighted by Gasteiger charge is 2.46. The monoisotopic (exact) mass is 254 g/mol. The van der Waals surface area contributed by atoms with E-state index < -0.39 is 28.9 Å². The number of halogens is 2. The number of amides is 2. The van der Waals surface area contributed by atoms with Gasteiger partial charge in [0.1, 0.15) is 11.6 Å². The second-order valence-corrected chi connectivity index (χ2v) is 4.92. The van der Waals surface area contributed by atoms with Crippen LogP contribution in [-0.2, 0) is 9.59 Å². The van der Waals surface area contributed by atoms with Crippen molar-refractivity contribution in [3.05, 3.63) is 23.8 Å². The van der Waals surface area contributed by atoms with E-state index in [-0.39, 0.29) is 17.8 Å². The molecule has 1 aromatic carbocycles. The molecule has 1 heterocycles. The summed E-state index contributed by atoms with van der Waals surface area (Å²) < 4.78 is 26.7. The smallest absolute Gasteiger partial charge is 0.240 e. The Morgan fingerprint density at radius 3 is 2.33 bits per heavy atom. The van der Waals surface area contributed by atoms with Crippen LogP contribution in [0.25, 0.3) is 0 Å². The van der Waals surface area contributed by atoms with Gasteiger partial charge in [-0.2, -0.15) is 0 Å². The van der Waals surface area contributed by atoms with Crippen LogP contribution in [0.1, 0.15) is 20.3 Å². The van der Waals surface area contributed by atoms with Crippen LogP contribution in [0.2, 0.25) is 0 Å². The first kappa shape index (κ1) is 12.5. The molecular weight excluding hydrogens is 242 g/mol. The molecule has 0 bridgehead atoms. The maximum absolute atomic E-state index is 13.6. The molecule has 2 N–H and O–H groups in total. The van der Waals surface area contributed by atoms with Gasteiger partial charge in [0, 0.05) is 12.5 Å². The predicted octanol–water partition coefficient (Wildman–Crippen LogP) is 1.84. The summed E-state index contributed by atoms with van der Waals surface area (Å²) in [5.74, 6) is -2.94. The minimum absolute atomic E-state index is 0.0114. The number of anilines is 2. The van der Waals surface area contributed by atoms with Gasteiger partial charge in [0.15, 0.2) is 0 Å². The Hall–Kier alpha value is -1.98. The van der Waals surface area contributed by atoms with Crippen molar-refractivity contribution in [1.29, 1.82) is 0 Å². The van der Waals surface area contributed by atoms with Crippen molar-refractivity contribution in [2.75, 3.05) is 10.6 Å². The summed E-state index contributed by atoms with van der Waals surface area (Å²) in [4.78, 5) is 24.5. The molecular formula is C12H12F2N2O2. The summed E-state index contributed by atoms with van der Waals surface area (Å²) in [5, 5.41) is 0. The van der Waals surface area contributed by atoms with Crippen LogP contribution in [0.15, 0.2) is 12.1 Å². The van der Waals surface area contributed by atoms with Gasteiger partial charge in [0.25, 0.3) is 0 Å². The quantitative estimate of drug-likeness (QED) is 0.614. The van der Waals surface area contributed by atoms with Gasteiger partial charge in [-0.1, -0.05) is 13.8 Å². The maximum atomic E-state index is 13.6. The fourth-order valence-corrected chi connectivity index (χ4v) is 1.92. The van der Waals surface area contributed by atoms with Crippen LogP contribution < -0.4 is 10.6 Å². The zero-order valence-corrected chi connectivity index (χ0v) is 9.96. The van der Waals surface area contributed by atoms with E-state index in [9.17, 15) is 18.4 Å². The van der Waals surface area contributed by atoms with Crippen molar-refractivity contribution in [2.24, 2.45) is 5.41 Å². The van der Waals surface area contributed by atoms with E-state index in [0.29, 0.717) is 6.07 Å². The Morgan fingerprint density at radius 2 is 1.83 bits per heavy atom. The summed E-state index contributed by atoms with van der Waals surface area (Å²) >= 11 is 0. The topological polar surface area (TPSA) is 63.4 Å². The lowest BCUT2D eigenvalue weighted by Gasteiger charge is -2.18. The Kier molecular flexibility index (Phi) is 2.61. The zero-order valence-electron chi connectivity index (χ0n) is 9.96. The third-order valence-electron chi connectivity index (χ3n) is 2.93. The summed E-state index contributed by atoms with van der Waals surface area (Å²) in [6.45, 7) is 3.19. The SMILES string of the molecule is CC1(C)CC(=O)N(c2cc(N)c(F)cc2F)C1=O. The summed E-state index contributed by atoms with van der Waals surface area (Å²) in [5.41, 5.74) is 3.84. The normalized spacial score (nSPS) is 18.6.